The number of likely N-dealkylation sites (tertiary alicyclic amines) is 1. The highest BCUT2D eigenvalue weighted by Gasteiger charge is 2.37. The lowest BCUT2D eigenvalue weighted by Crippen LogP contribution is -2.57. The molecule has 4 aliphatic rings. The van der Waals surface area contributed by atoms with Gasteiger partial charge in [0.05, 0.1) is 12.2 Å². The predicted octanol–water partition coefficient (Wildman–Crippen LogP) is 4.96. The van der Waals surface area contributed by atoms with Crippen LogP contribution in [0.3, 0.4) is 0 Å². The molecule has 4 heterocycles. The Balaban J connectivity index is 1.22. The van der Waals surface area contributed by atoms with E-state index in [1.807, 2.05) is 0 Å². The van der Waals surface area contributed by atoms with Crippen molar-refractivity contribution >= 4 is 28.2 Å². The second-order valence-corrected chi connectivity index (χ2v) is 12.9. The van der Waals surface area contributed by atoms with Gasteiger partial charge in [0.15, 0.2) is 5.83 Å². The second-order valence-electron chi connectivity index (χ2n) is 12.9. The molecule has 1 aliphatic carbocycles. The van der Waals surface area contributed by atoms with Gasteiger partial charge < -0.3 is 29.2 Å². The van der Waals surface area contributed by atoms with Gasteiger partial charge in [-0.05, 0) is 68.6 Å². The van der Waals surface area contributed by atoms with Gasteiger partial charge in [-0.15, -0.1) is 0 Å². The lowest BCUT2D eigenvalue weighted by Gasteiger charge is -2.41. The number of likely N-dealkylation sites (N-methyl/N-ethyl adjacent to an activating group) is 1. The maximum atomic E-state index is 13.9. The van der Waals surface area contributed by atoms with E-state index in [1.54, 1.807) is 0 Å². The zero-order chi connectivity index (χ0) is 31.1. The molecule has 45 heavy (non-hydrogen) atoms. The van der Waals surface area contributed by atoms with E-state index < -0.39 is 17.8 Å². The largest absolute Gasteiger partial charge is 0.462 e. The molecule has 0 unspecified atom stereocenters. The van der Waals surface area contributed by atoms with Crippen LogP contribution in [0.25, 0.3) is 15.6 Å². The summed E-state index contributed by atoms with van der Waals surface area (Å²) in [5, 5.41) is 2.61. The van der Waals surface area contributed by atoms with Gasteiger partial charge >= 0.3 is 6.01 Å². The van der Waals surface area contributed by atoms with Crippen molar-refractivity contribution in [1.82, 2.24) is 19.8 Å². The van der Waals surface area contributed by atoms with Crippen LogP contribution in [-0.4, -0.2) is 90.7 Å². The number of piperazine rings is 1. The van der Waals surface area contributed by atoms with Crippen molar-refractivity contribution in [2.24, 2.45) is 0 Å². The third-order valence-corrected chi connectivity index (χ3v) is 9.95. The smallest absolute Gasteiger partial charge is 0.318 e. The van der Waals surface area contributed by atoms with E-state index in [0.29, 0.717) is 44.2 Å². The average molecular weight is 610 g/mol. The highest BCUT2D eigenvalue weighted by molar-refractivity contribution is 5.97. The van der Waals surface area contributed by atoms with Gasteiger partial charge in [0.1, 0.15) is 18.5 Å². The Kier molecular flexibility index (Phi) is 8.04. The average Bonchev–Trinajstić information content (AvgIpc) is 3.82. The lowest BCUT2D eigenvalue weighted by molar-refractivity contribution is -0.131. The summed E-state index contributed by atoms with van der Waals surface area (Å²) in [5.74, 6) is -0.303. The van der Waals surface area contributed by atoms with Crippen LogP contribution in [0.5, 0.6) is 6.01 Å². The van der Waals surface area contributed by atoms with Crippen LogP contribution in [-0.2, 0) is 17.8 Å². The van der Waals surface area contributed by atoms with E-state index in [-0.39, 0.29) is 13.1 Å². The zero-order valence-electron chi connectivity index (χ0n) is 25.9. The minimum Gasteiger partial charge on any atom is -0.462 e. The van der Waals surface area contributed by atoms with Crippen molar-refractivity contribution < 1.29 is 13.9 Å². The number of benzene rings is 2. The SMILES string of the molecule is [C-]#[N+]C[C@H]1CN(c2nc(OC[C@@H]3CCCN3C)nc3c2CCN(c2cccc4cccc(C5CC5)c24)C3)CCN1C(=O)C(=C)F. The molecule has 0 bridgehead atoms. The van der Waals surface area contributed by atoms with Crippen LogP contribution in [0.15, 0.2) is 48.8 Å². The van der Waals surface area contributed by atoms with Crippen molar-refractivity contribution in [3.8, 4) is 6.01 Å². The Morgan fingerprint density at radius 1 is 1.07 bits per heavy atom. The van der Waals surface area contributed by atoms with Gasteiger partial charge in [-0.2, -0.15) is 9.97 Å². The molecule has 1 amide bonds. The molecule has 3 aliphatic heterocycles. The molecule has 0 radical (unpaired) electrons. The van der Waals surface area contributed by atoms with E-state index >= 15 is 0 Å². The summed E-state index contributed by atoms with van der Waals surface area (Å²) in [5.41, 5.74) is 4.71. The maximum Gasteiger partial charge on any atom is 0.318 e. The Morgan fingerprint density at radius 3 is 2.62 bits per heavy atom. The zero-order valence-corrected chi connectivity index (χ0v) is 25.9. The summed E-state index contributed by atoms with van der Waals surface area (Å²) >= 11 is 0. The molecule has 3 fully saturated rings. The van der Waals surface area contributed by atoms with Gasteiger partial charge in [0, 0.05) is 48.9 Å². The molecule has 10 heteroatoms. The maximum absolute atomic E-state index is 13.9. The molecule has 2 aromatic carbocycles. The Bertz CT molecular complexity index is 1660. The first-order chi connectivity index (χ1) is 21.9. The fourth-order valence-corrected chi connectivity index (χ4v) is 7.36. The quantitative estimate of drug-likeness (QED) is 0.264. The summed E-state index contributed by atoms with van der Waals surface area (Å²) in [6.07, 6.45) is 5.49. The van der Waals surface area contributed by atoms with Gasteiger partial charge in [0.25, 0.3) is 5.91 Å². The van der Waals surface area contributed by atoms with E-state index in [4.69, 9.17) is 21.3 Å². The summed E-state index contributed by atoms with van der Waals surface area (Å²) in [4.78, 5) is 34.4. The fourth-order valence-electron chi connectivity index (χ4n) is 7.36. The molecule has 7 rings (SSSR count). The summed E-state index contributed by atoms with van der Waals surface area (Å²) in [6.45, 7) is 15.0. The molecule has 2 saturated heterocycles. The highest BCUT2D eigenvalue weighted by Crippen LogP contribution is 2.46. The molecule has 0 N–H and O–H groups in total. The predicted molar refractivity (Wildman–Crippen MR) is 173 cm³/mol. The van der Waals surface area contributed by atoms with E-state index in [1.165, 1.54) is 39.8 Å². The minimum absolute atomic E-state index is 0.0817. The first-order valence-electron chi connectivity index (χ1n) is 16.1. The second kappa shape index (κ2) is 12.3. The van der Waals surface area contributed by atoms with Crippen molar-refractivity contribution in [2.45, 2.75) is 56.7 Å². The highest BCUT2D eigenvalue weighted by atomic mass is 19.1. The van der Waals surface area contributed by atoms with Gasteiger partial charge in [-0.1, -0.05) is 36.9 Å². The number of anilines is 2. The molecule has 9 nitrogen and oxygen atoms in total. The number of hydrogen-bond donors (Lipinski definition) is 0. The standard InChI is InChI=1S/C35H40FN7O2/c1-23(36)34(44)43-18-17-42(20-27(43)19-37-2)33-29-14-16-41(21-30(29)38-35(39-33)45-22-26-9-6-15-40(26)3)31-11-5-8-25-7-4-10-28(32(25)31)24-12-13-24/h4-5,7-8,10-11,24,26-27H,1,6,9,12-22H2,3H3/t26-,27-/m0/s1. The van der Waals surface area contributed by atoms with Crippen molar-refractivity contribution in [3.05, 3.63) is 77.0 Å². The van der Waals surface area contributed by atoms with Crippen LogP contribution in [0.1, 0.15) is 48.4 Å². The van der Waals surface area contributed by atoms with Crippen molar-refractivity contribution in [2.75, 3.05) is 62.7 Å². The molecule has 1 aromatic heterocycles. The van der Waals surface area contributed by atoms with Crippen LogP contribution in [0.4, 0.5) is 15.9 Å². The van der Waals surface area contributed by atoms with Crippen LogP contribution in [0, 0.1) is 6.57 Å². The monoisotopic (exact) mass is 609 g/mol. The number of carbonyl (C=O) groups is 1. The lowest BCUT2D eigenvalue weighted by atomic mass is 9.97. The number of aromatic nitrogens is 2. The van der Waals surface area contributed by atoms with E-state index in [0.717, 1.165) is 49.4 Å². The summed E-state index contributed by atoms with van der Waals surface area (Å²) in [6, 6.07) is 13.5. The molecular formula is C35H40FN7O2. The number of hydrogen-bond acceptors (Lipinski definition) is 7. The van der Waals surface area contributed by atoms with Gasteiger partial charge in [-0.25, -0.2) is 11.0 Å². The number of carbonyl (C=O) groups excluding carboxylic acids is 1. The topological polar surface area (TPSA) is 69.4 Å². The summed E-state index contributed by atoms with van der Waals surface area (Å²) in [7, 11) is 2.13. The molecule has 234 valence electrons. The van der Waals surface area contributed by atoms with E-state index in [9.17, 15) is 9.18 Å². The van der Waals surface area contributed by atoms with Gasteiger partial charge in [0.2, 0.25) is 6.54 Å². The summed E-state index contributed by atoms with van der Waals surface area (Å²) < 4.78 is 20.2. The number of ether oxygens (including phenoxy) is 1. The van der Waals surface area contributed by atoms with Crippen LogP contribution < -0.4 is 14.5 Å². The van der Waals surface area contributed by atoms with Crippen LogP contribution in [0.2, 0.25) is 0 Å². The van der Waals surface area contributed by atoms with Crippen molar-refractivity contribution in [3.63, 3.8) is 0 Å². The fraction of sp³-hybridized carbons (Fsp3) is 0.486. The third kappa shape index (κ3) is 5.82. The molecule has 1 saturated carbocycles. The number of nitrogens with zero attached hydrogens (tertiary/aromatic N) is 7. The van der Waals surface area contributed by atoms with Crippen LogP contribution >= 0.6 is 0 Å². The Hall–Kier alpha value is -4.23. The molecule has 3 aromatic rings. The number of amides is 1. The number of halogens is 1. The Labute approximate surface area is 264 Å². The number of fused-ring (bicyclic) bond motifs is 2. The van der Waals surface area contributed by atoms with Gasteiger partial charge in [-0.3, -0.25) is 4.79 Å². The number of rotatable bonds is 8. The molecular weight excluding hydrogens is 569 g/mol. The normalized spacial score (nSPS) is 21.9. The Morgan fingerprint density at radius 2 is 1.89 bits per heavy atom. The molecule has 0 spiro atoms. The first kappa shape index (κ1) is 29.5. The van der Waals surface area contributed by atoms with E-state index in [2.05, 4.69) is 69.6 Å². The third-order valence-electron chi connectivity index (χ3n) is 9.95. The molecule has 2 atom stereocenters. The van der Waals surface area contributed by atoms with Crippen molar-refractivity contribution in [1.29, 1.82) is 0 Å². The first-order valence-corrected chi connectivity index (χ1v) is 16.1. The minimum atomic E-state index is -0.996.